The van der Waals surface area contributed by atoms with Crippen LogP contribution in [-0.2, 0) is 6.18 Å². The Morgan fingerprint density at radius 2 is 1.85 bits per heavy atom. The molecule has 1 N–H and O–H groups in total. The molecule has 6 rings (SSSR count). The number of piperidine rings is 2. The Balaban J connectivity index is 1.43. The van der Waals surface area contributed by atoms with Crippen LogP contribution in [0.25, 0.3) is 5.69 Å². The number of carbonyl (C=O) groups is 1. The van der Waals surface area contributed by atoms with Gasteiger partial charge in [0.25, 0.3) is 5.91 Å². The van der Waals surface area contributed by atoms with Gasteiger partial charge in [-0.25, -0.2) is 9.97 Å². The molecule has 1 unspecified atom stereocenters. The van der Waals surface area contributed by atoms with E-state index < -0.39 is 11.9 Å². The maximum Gasteiger partial charge on any atom is 0.433 e. The lowest BCUT2D eigenvalue weighted by atomic mass is 9.64. The molecule has 0 spiro atoms. The van der Waals surface area contributed by atoms with Crippen molar-refractivity contribution in [1.29, 1.82) is 0 Å². The number of halogens is 3. The number of carbonyl (C=O) groups excluding carboxylic acids is 1. The number of nitrogens with one attached hydrogen (secondary N) is 1. The quantitative estimate of drug-likeness (QED) is 0.610. The molecule has 2 aliphatic heterocycles. The van der Waals surface area contributed by atoms with Crippen LogP contribution in [0.4, 0.5) is 19.0 Å². The van der Waals surface area contributed by atoms with Gasteiger partial charge >= 0.3 is 6.18 Å². The number of aromatic nitrogens is 5. The lowest BCUT2D eigenvalue weighted by Crippen LogP contribution is -2.64. The van der Waals surface area contributed by atoms with E-state index in [0.717, 1.165) is 18.9 Å². The molecule has 1 saturated carbocycles. The normalized spacial score (nSPS) is 24.0. The van der Waals surface area contributed by atoms with E-state index in [2.05, 4.69) is 32.4 Å². The van der Waals surface area contributed by atoms with Gasteiger partial charge in [0, 0.05) is 18.3 Å². The second-order valence-electron chi connectivity index (χ2n) is 8.95. The summed E-state index contributed by atoms with van der Waals surface area (Å²) in [4.78, 5) is 25.3. The number of hydrogen-bond donors (Lipinski definition) is 1. The van der Waals surface area contributed by atoms with Gasteiger partial charge in [0.05, 0.1) is 18.4 Å². The van der Waals surface area contributed by atoms with E-state index in [1.807, 2.05) is 11.8 Å². The summed E-state index contributed by atoms with van der Waals surface area (Å²) in [7, 11) is 0. The summed E-state index contributed by atoms with van der Waals surface area (Å²) in [6, 6.07) is 7.17. The van der Waals surface area contributed by atoms with Crippen molar-refractivity contribution in [2.75, 3.05) is 11.9 Å². The average molecular weight is 471 g/mol. The summed E-state index contributed by atoms with van der Waals surface area (Å²) >= 11 is 0. The highest BCUT2D eigenvalue weighted by atomic mass is 19.4. The highest BCUT2D eigenvalue weighted by molar-refractivity contribution is 5.96. The van der Waals surface area contributed by atoms with Crippen molar-refractivity contribution < 1.29 is 18.0 Å². The van der Waals surface area contributed by atoms with Crippen molar-refractivity contribution in [3.05, 3.63) is 59.8 Å². The summed E-state index contributed by atoms with van der Waals surface area (Å²) < 4.78 is 39.2. The van der Waals surface area contributed by atoms with Crippen LogP contribution in [0.1, 0.15) is 41.6 Å². The summed E-state index contributed by atoms with van der Waals surface area (Å²) in [6.07, 6.45) is 0.358. The Kier molecular flexibility index (Phi) is 5.49. The first-order chi connectivity index (χ1) is 16.2. The second-order valence-corrected chi connectivity index (χ2v) is 8.95. The molecule has 34 heavy (non-hydrogen) atoms. The molecule has 3 aromatic heterocycles. The van der Waals surface area contributed by atoms with Gasteiger partial charge in [0.2, 0.25) is 0 Å². The van der Waals surface area contributed by atoms with E-state index >= 15 is 0 Å². The fourth-order valence-corrected chi connectivity index (χ4v) is 4.96. The Hall–Kier alpha value is -3.50. The third-order valence-electron chi connectivity index (χ3n) is 6.87. The molecule has 1 aliphatic carbocycles. The van der Waals surface area contributed by atoms with Gasteiger partial charge in [0.15, 0.2) is 5.69 Å². The molecule has 11 heteroatoms. The largest absolute Gasteiger partial charge is 0.433 e. The fraction of sp³-hybridized carbons (Fsp3) is 0.435. The maximum absolute atomic E-state index is 13.9. The highest BCUT2D eigenvalue weighted by Crippen LogP contribution is 2.47. The molecule has 3 fully saturated rings. The van der Waals surface area contributed by atoms with E-state index in [-0.39, 0.29) is 42.0 Å². The minimum Gasteiger partial charge on any atom is -0.368 e. The van der Waals surface area contributed by atoms with Crippen LogP contribution in [0.3, 0.4) is 0 Å². The van der Waals surface area contributed by atoms with E-state index in [1.54, 1.807) is 12.1 Å². The number of aryl methyl sites for hydroxylation is 1. The van der Waals surface area contributed by atoms with Crippen LogP contribution in [0.15, 0.2) is 42.7 Å². The number of fused-ring (bicyclic) bond motifs is 2. The zero-order chi connectivity index (χ0) is 24.0. The molecule has 0 radical (unpaired) electrons. The number of pyridine rings is 2. The monoisotopic (exact) mass is 471 g/mol. The van der Waals surface area contributed by atoms with E-state index in [1.165, 1.54) is 29.3 Å². The smallest absolute Gasteiger partial charge is 0.368 e. The average Bonchev–Trinajstić information content (AvgIpc) is 3.31. The summed E-state index contributed by atoms with van der Waals surface area (Å²) in [6.45, 7) is 4.19. The van der Waals surface area contributed by atoms with Gasteiger partial charge in [-0.15, -0.1) is 4.80 Å². The van der Waals surface area contributed by atoms with Gasteiger partial charge in [-0.3, -0.25) is 4.79 Å². The zero-order valence-corrected chi connectivity index (χ0v) is 18.7. The van der Waals surface area contributed by atoms with Crippen LogP contribution in [0.5, 0.6) is 0 Å². The van der Waals surface area contributed by atoms with E-state index in [9.17, 15) is 18.0 Å². The van der Waals surface area contributed by atoms with Crippen molar-refractivity contribution >= 4 is 11.7 Å². The predicted molar refractivity (Wildman–Crippen MR) is 117 cm³/mol. The SMILES string of the molecule is Cc1ccc(-n2nccn2)c(C(=O)N2C3CC(C3)[C@@H](C)C2CNc2cccc(C(F)(F)F)n2)n1. The first-order valence-electron chi connectivity index (χ1n) is 11.2. The number of alkyl halides is 3. The lowest BCUT2D eigenvalue weighted by molar-refractivity contribution is -0.141. The molecule has 178 valence electrons. The van der Waals surface area contributed by atoms with Gasteiger partial charge in [0.1, 0.15) is 17.2 Å². The molecule has 8 nitrogen and oxygen atoms in total. The molecule has 0 aromatic carbocycles. The fourth-order valence-electron chi connectivity index (χ4n) is 4.96. The molecular weight excluding hydrogens is 447 g/mol. The van der Waals surface area contributed by atoms with Crippen molar-refractivity contribution in [2.24, 2.45) is 11.8 Å². The number of anilines is 1. The summed E-state index contributed by atoms with van der Waals surface area (Å²) in [5.74, 6) is 0.551. The molecule has 3 aliphatic rings. The molecule has 2 bridgehead atoms. The number of amides is 1. The molecular formula is C23H24F3N7O. The van der Waals surface area contributed by atoms with Gasteiger partial charge in [-0.2, -0.15) is 23.4 Å². The van der Waals surface area contributed by atoms with Crippen LogP contribution in [0.2, 0.25) is 0 Å². The standard InChI is InChI=1S/C23H24F3N7O/c1-13-6-7-17(33-28-8-9-29-33)21(30-13)22(34)32-16-10-15(11-16)14(2)18(32)12-27-20-5-3-4-19(31-20)23(24,25)26/h3-9,14-16,18H,10-12H2,1-2H3,(H,27,31)/t14-,15?,16?,18?/m1/s1. The summed E-state index contributed by atoms with van der Waals surface area (Å²) in [5.41, 5.74) is 0.487. The molecule has 3 aromatic rings. The summed E-state index contributed by atoms with van der Waals surface area (Å²) in [5, 5.41) is 11.3. The van der Waals surface area contributed by atoms with Crippen molar-refractivity contribution in [1.82, 2.24) is 29.9 Å². The van der Waals surface area contributed by atoms with Gasteiger partial charge in [-0.05, 0) is 55.9 Å². The molecule has 1 amide bonds. The number of rotatable bonds is 5. The van der Waals surface area contributed by atoms with Crippen molar-refractivity contribution in [3.63, 3.8) is 0 Å². The zero-order valence-electron chi connectivity index (χ0n) is 18.7. The lowest BCUT2D eigenvalue weighted by Gasteiger charge is -2.57. The minimum absolute atomic E-state index is 0.0655. The number of hydrogen-bond acceptors (Lipinski definition) is 6. The minimum atomic E-state index is -4.52. The van der Waals surface area contributed by atoms with Gasteiger partial charge in [-0.1, -0.05) is 13.0 Å². The molecule has 2 saturated heterocycles. The first-order valence-corrected chi connectivity index (χ1v) is 11.2. The number of nitrogens with zero attached hydrogens (tertiary/aromatic N) is 6. The second kappa shape index (κ2) is 8.37. The van der Waals surface area contributed by atoms with Crippen molar-refractivity contribution in [3.8, 4) is 5.69 Å². The molecule has 2 atom stereocenters. The van der Waals surface area contributed by atoms with E-state index in [0.29, 0.717) is 17.3 Å². The Morgan fingerprint density at radius 1 is 1.12 bits per heavy atom. The van der Waals surface area contributed by atoms with E-state index in [4.69, 9.17) is 0 Å². The van der Waals surface area contributed by atoms with Crippen LogP contribution in [0, 0.1) is 18.8 Å². The topological polar surface area (TPSA) is 88.8 Å². The predicted octanol–water partition coefficient (Wildman–Crippen LogP) is 3.74. The molecule has 5 heterocycles. The highest BCUT2D eigenvalue weighted by Gasteiger charge is 2.51. The van der Waals surface area contributed by atoms with Crippen molar-refractivity contribution in [2.45, 2.75) is 44.9 Å². The Morgan fingerprint density at radius 3 is 2.56 bits per heavy atom. The maximum atomic E-state index is 13.9. The Bertz CT molecular complexity index is 1190. The van der Waals surface area contributed by atoms with Gasteiger partial charge < -0.3 is 10.2 Å². The first kappa shape index (κ1) is 22.3. The van der Waals surface area contributed by atoms with Crippen LogP contribution >= 0.6 is 0 Å². The third-order valence-corrected chi connectivity index (χ3v) is 6.87. The third kappa shape index (κ3) is 3.99. The van der Waals surface area contributed by atoms with Crippen LogP contribution in [-0.4, -0.2) is 54.4 Å². The van der Waals surface area contributed by atoms with Crippen LogP contribution < -0.4 is 5.32 Å². The Labute approximate surface area is 194 Å².